The van der Waals surface area contributed by atoms with Crippen LogP contribution < -0.4 is 26.0 Å². The van der Waals surface area contributed by atoms with Gasteiger partial charge in [-0.3, -0.25) is 14.4 Å². The van der Waals surface area contributed by atoms with Crippen molar-refractivity contribution in [3.63, 3.8) is 0 Å². The number of Topliss-reactive ketones (excluding diaryl/α,β-unsaturated/α-hetero) is 1. The van der Waals surface area contributed by atoms with Gasteiger partial charge in [0.15, 0.2) is 0 Å². The van der Waals surface area contributed by atoms with E-state index in [0.717, 1.165) is 11.8 Å². The summed E-state index contributed by atoms with van der Waals surface area (Å²) in [6, 6.07) is 1.81. The fourth-order valence-corrected chi connectivity index (χ4v) is 4.69. The van der Waals surface area contributed by atoms with Gasteiger partial charge in [0.05, 0.1) is 6.42 Å². The molecule has 14 nitrogen and oxygen atoms in total. The van der Waals surface area contributed by atoms with Crippen LogP contribution in [0.4, 0.5) is 11.4 Å². The third-order valence-electron chi connectivity index (χ3n) is 4.93. The number of ketones is 1. The normalized spacial score (nSPS) is 12.3. The van der Waals surface area contributed by atoms with Gasteiger partial charge in [0.25, 0.3) is 0 Å². The summed E-state index contributed by atoms with van der Waals surface area (Å²) in [5.41, 5.74) is 5.78. The predicted molar refractivity (Wildman–Crippen MR) is 140 cm³/mol. The summed E-state index contributed by atoms with van der Waals surface area (Å²) in [4.78, 5) is 70.7. The van der Waals surface area contributed by atoms with E-state index in [9.17, 15) is 37.0 Å². The Labute approximate surface area is 227 Å². The van der Waals surface area contributed by atoms with E-state index in [1.54, 1.807) is 6.92 Å². The Hall–Kier alpha value is -2.97. The fourth-order valence-electron chi connectivity index (χ4n) is 2.86. The fraction of sp³-hybridized carbons (Fsp3) is 0.455. The van der Waals surface area contributed by atoms with Crippen molar-refractivity contribution >= 4 is 78.3 Å². The van der Waals surface area contributed by atoms with Gasteiger partial charge in [-0.1, -0.05) is 0 Å². The second kappa shape index (κ2) is 16.8. The second-order valence-corrected chi connectivity index (χ2v) is 11.3. The number of amides is 3. The number of carbonyl (C=O) groups is 6. The predicted octanol–water partition coefficient (Wildman–Crippen LogP) is -1.50. The molecule has 38 heavy (non-hydrogen) atoms. The molecule has 0 aliphatic rings. The number of anilines is 2. The van der Waals surface area contributed by atoms with Crippen LogP contribution in [0.3, 0.4) is 0 Å². The van der Waals surface area contributed by atoms with Crippen LogP contribution in [-0.2, 0) is 28.8 Å². The maximum atomic E-state index is 12.5. The van der Waals surface area contributed by atoms with Crippen LogP contribution in [0.5, 0.6) is 0 Å². The first-order valence-corrected chi connectivity index (χ1v) is 15.1. The molecule has 0 saturated heterocycles. The van der Waals surface area contributed by atoms with Gasteiger partial charge in [0.1, 0.15) is 6.04 Å². The maximum absolute atomic E-state index is 12.5. The standard InChI is InChI=1S/C22H31AsN4O10S/c1-2-18(29)26-15-9-12(23(36)37)3-5-14(15)25-20(31)11-38-10-16(17(28)6-8-21(32)33)27-19(30)7-4-13(24)22(34)35/h3,5,9,13,16,36-37H,2,4,6-8,10-11,24H2,1H3,(H,25,31)(H,26,29)(H,27,30)(H,32,33)(H,34,35). The molecular formula is C22H31AsN4O10S. The molecule has 0 aliphatic heterocycles. The van der Waals surface area contributed by atoms with Gasteiger partial charge in [-0.25, -0.2) is 0 Å². The quantitative estimate of drug-likeness (QED) is 0.0930. The van der Waals surface area contributed by atoms with Crippen molar-refractivity contribution in [3.05, 3.63) is 18.2 Å². The van der Waals surface area contributed by atoms with Gasteiger partial charge >= 0.3 is 172 Å². The molecule has 0 aliphatic carbocycles. The molecule has 1 aromatic carbocycles. The zero-order valence-electron chi connectivity index (χ0n) is 20.5. The Morgan fingerprint density at radius 1 is 0.947 bits per heavy atom. The number of carbonyl (C=O) groups excluding carboxylic acids is 4. The first-order valence-electron chi connectivity index (χ1n) is 11.4. The molecule has 0 aromatic heterocycles. The van der Waals surface area contributed by atoms with Crippen LogP contribution in [-0.4, -0.2) is 92.8 Å². The van der Waals surface area contributed by atoms with Crippen molar-refractivity contribution in [2.24, 2.45) is 5.73 Å². The molecule has 1 aromatic rings. The average molecular weight is 618 g/mol. The van der Waals surface area contributed by atoms with E-state index in [-0.39, 0.29) is 58.8 Å². The minimum absolute atomic E-state index is 0.0659. The summed E-state index contributed by atoms with van der Waals surface area (Å²) in [6.45, 7) is 1.62. The third-order valence-corrected chi connectivity index (χ3v) is 7.52. The zero-order chi connectivity index (χ0) is 28.8. The first-order chi connectivity index (χ1) is 17.8. The van der Waals surface area contributed by atoms with E-state index in [1.807, 2.05) is 0 Å². The zero-order valence-corrected chi connectivity index (χ0v) is 23.2. The summed E-state index contributed by atoms with van der Waals surface area (Å²) in [5, 5.41) is 25.3. The second-order valence-electron chi connectivity index (χ2n) is 7.95. The van der Waals surface area contributed by atoms with Crippen molar-refractivity contribution in [1.82, 2.24) is 5.32 Å². The molecular weight excluding hydrogens is 587 g/mol. The summed E-state index contributed by atoms with van der Waals surface area (Å²) in [6.07, 6.45) is -1.09. The molecule has 2 atom stereocenters. The minimum Gasteiger partial charge on any atom is -0.481 e. The van der Waals surface area contributed by atoms with Crippen LogP contribution in [0.15, 0.2) is 18.2 Å². The number of rotatable bonds is 17. The number of hydrogen-bond donors (Lipinski definition) is 8. The number of nitrogens with one attached hydrogen (secondary N) is 3. The topological polar surface area (TPSA) is 245 Å². The average Bonchev–Trinajstić information content (AvgIpc) is 2.85. The molecule has 0 bridgehead atoms. The molecule has 3 amide bonds. The molecule has 1 rings (SSSR count). The third kappa shape index (κ3) is 12.5. The number of nitrogens with two attached hydrogens (primary N) is 1. The van der Waals surface area contributed by atoms with E-state index in [1.165, 1.54) is 18.2 Å². The van der Waals surface area contributed by atoms with E-state index >= 15 is 0 Å². The van der Waals surface area contributed by atoms with Gasteiger partial charge in [0.2, 0.25) is 0 Å². The van der Waals surface area contributed by atoms with Gasteiger partial charge in [-0.05, 0) is 6.42 Å². The first kappa shape index (κ1) is 33.1. The van der Waals surface area contributed by atoms with Gasteiger partial charge in [-0.2, -0.15) is 0 Å². The molecule has 0 fully saturated rings. The van der Waals surface area contributed by atoms with Crippen LogP contribution in [0.25, 0.3) is 0 Å². The summed E-state index contributed by atoms with van der Waals surface area (Å²) in [5.74, 6) is -4.81. The van der Waals surface area contributed by atoms with E-state index in [4.69, 9.17) is 15.9 Å². The van der Waals surface area contributed by atoms with E-state index in [2.05, 4.69) is 16.0 Å². The van der Waals surface area contributed by atoms with Gasteiger partial charge in [-0.15, -0.1) is 0 Å². The van der Waals surface area contributed by atoms with Gasteiger partial charge < -0.3 is 15.9 Å². The summed E-state index contributed by atoms with van der Waals surface area (Å²) < 4.78 is 19.3. The molecule has 0 saturated carbocycles. The van der Waals surface area contributed by atoms with Crippen molar-refractivity contribution in [3.8, 4) is 0 Å². The molecule has 0 spiro atoms. The van der Waals surface area contributed by atoms with Crippen LogP contribution in [0.2, 0.25) is 0 Å². The molecule has 210 valence electrons. The number of benzene rings is 1. The number of aliphatic carboxylic acids is 2. The van der Waals surface area contributed by atoms with E-state index in [0.29, 0.717) is 0 Å². The van der Waals surface area contributed by atoms with Gasteiger partial charge in [0, 0.05) is 6.42 Å². The summed E-state index contributed by atoms with van der Waals surface area (Å²) >= 11 is -2.24. The molecule has 2 unspecified atom stereocenters. The van der Waals surface area contributed by atoms with Crippen molar-refractivity contribution < 1.29 is 47.2 Å². The van der Waals surface area contributed by atoms with Crippen molar-refractivity contribution in [1.29, 1.82) is 0 Å². The van der Waals surface area contributed by atoms with Crippen LogP contribution in [0.1, 0.15) is 39.0 Å². The molecule has 9 N–H and O–H groups in total. The number of hydrogen-bond acceptors (Lipinski definition) is 10. The van der Waals surface area contributed by atoms with E-state index < -0.39 is 63.4 Å². The molecule has 0 radical (unpaired) electrons. The van der Waals surface area contributed by atoms with Crippen molar-refractivity contribution in [2.45, 2.75) is 51.1 Å². The molecule has 0 heterocycles. The Kier molecular flexibility index (Phi) is 14.6. The van der Waals surface area contributed by atoms with Crippen molar-refractivity contribution in [2.75, 3.05) is 22.1 Å². The minimum atomic E-state index is -3.22. The monoisotopic (exact) mass is 618 g/mol. The SMILES string of the molecule is CCC(=O)Nc1cc([As](O)O)ccc1NC(=O)CSCC(NC(=O)CCC(N)C(=O)O)C(=O)CCC(=O)O. The number of thioether (sulfide) groups is 1. The number of carboxylic acids is 2. The number of carboxylic acid groups (broad SMARTS) is 2. The Bertz CT molecular complexity index is 1040. The Balaban J connectivity index is 2.81. The van der Waals surface area contributed by atoms with Crippen LogP contribution >= 0.6 is 11.8 Å². The van der Waals surface area contributed by atoms with Crippen LogP contribution in [0, 0.1) is 0 Å². The smallest absolute Gasteiger partial charge is 0.481 e. The Morgan fingerprint density at radius 2 is 1.61 bits per heavy atom. The summed E-state index contributed by atoms with van der Waals surface area (Å²) in [7, 11) is 0. The molecule has 16 heteroatoms. The Morgan fingerprint density at radius 3 is 2.18 bits per heavy atom.